The summed E-state index contributed by atoms with van der Waals surface area (Å²) in [5, 5.41) is 0. The van der Waals surface area contributed by atoms with Gasteiger partial charge in [0.2, 0.25) is 0 Å². The van der Waals surface area contributed by atoms with Crippen LogP contribution in [-0.4, -0.2) is 15.0 Å². The van der Waals surface area contributed by atoms with Crippen LogP contribution in [0.4, 0.5) is 0 Å². The van der Waals surface area contributed by atoms with Crippen LogP contribution in [0.2, 0.25) is 0 Å². The van der Waals surface area contributed by atoms with Crippen LogP contribution in [-0.2, 0) is 9.05 Å². The fourth-order valence-electron chi connectivity index (χ4n) is 1.13. The largest absolute Gasteiger partial charge is 0.491 e. The monoisotopic (exact) mass is 404 g/mol. The van der Waals surface area contributed by atoms with Crippen LogP contribution >= 0.6 is 42.5 Å². The molecule has 0 aliphatic heterocycles. The van der Waals surface area contributed by atoms with E-state index in [4.69, 9.17) is 15.4 Å². The highest BCUT2D eigenvalue weighted by Crippen LogP contribution is 2.36. The van der Waals surface area contributed by atoms with Crippen LogP contribution in [0.25, 0.3) is 0 Å². The molecule has 1 aromatic carbocycles. The molecule has 0 unspecified atom stereocenters. The minimum absolute atomic E-state index is 0.0285. The molecular formula is C10H11Br2ClO3S. The molecule has 1 aromatic rings. The van der Waals surface area contributed by atoms with Crippen LogP contribution < -0.4 is 4.74 Å². The summed E-state index contributed by atoms with van der Waals surface area (Å²) < 4.78 is 29.0. The normalized spacial score (nSPS) is 11.5. The second kappa shape index (κ2) is 6.41. The summed E-state index contributed by atoms with van der Waals surface area (Å²) in [6.07, 6.45) is 1.97. The summed E-state index contributed by atoms with van der Waals surface area (Å²) in [6, 6.07) is 2.85. The zero-order chi connectivity index (χ0) is 13.1. The Bertz CT molecular complexity index is 479. The lowest BCUT2D eigenvalue weighted by Crippen LogP contribution is -1.99. The van der Waals surface area contributed by atoms with E-state index in [2.05, 4.69) is 38.8 Å². The number of benzene rings is 1. The van der Waals surface area contributed by atoms with Gasteiger partial charge in [-0.25, -0.2) is 8.42 Å². The number of hydrogen-bond acceptors (Lipinski definition) is 3. The summed E-state index contributed by atoms with van der Waals surface area (Å²) >= 11 is 6.53. The zero-order valence-electron chi connectivity index (χ0n) is 9.04. The van der Waals surface area contributed by atoms with E-state index >= 15 is 0 Å². The lowest BCUT2D eigenvalue weighted by Gasteiger charge is -2.10. The molecule has 0 N–H and O–H groups in total. The highest BCUT2D eigenvalue weighted by Gasteiger charge is 2.16. The van der Waals surface area contributed by atoms with Crippen molar-refractivity contribution < 1.29 is 13.2 Å². The summed E-state index contributed by atoms with van der Waals surface area (Å²) in [7, 11) is 1.54. The van der Waals surface area contributed by atoms with Gasteiger partial charge in [-0.15, -0.1) is 0 Å². The zero-order valence-corrected chi connectivity index (χ0v) is 13.8. The van der Waals surface area contributed by atoms with Gasteiger partial charge in [-0.1, -0.05) is 13.3 Å². The summed E-state index contributed by atoms with van der Waals surface area (Å²) in [4.78, 5) is 0.0285. The number of ether oxygens (including phenoxy) is 1. The molecule has 0 spiro atoms. The topological polar surface area (TPSA) is 43.4 Å². The van der Waals surface area contributed by atoms with Gasteiger partial charge in [0.25, 0.3) is 9.05 Å². The van der Waals surface area contributed by atoms with Gasteiger partial charge < -0.3 is 4.74 Å². The molecule has 0 radical (unpaired) electrons. The predicted molar refractivity (Wildman–Crippen MR) is 75.3 cm³/mol. The van der Waals surface area contributed by atoms with Crippen LogP contribution in [0.1, 0.15) is 19.8 Å². The van der Waals surface area contributed by atoms with Crippen molar-refractivity contribution in [1.82, 2.24) is 0 Å². The van der Waals surface area contributed by atoms with Crippen molar-refractivity contribution >= 4 is 51.6 Å². The van der Waals surface area contributed by atoms with Gasteiger partial charge in [-0.3, -0.25) is 0 Å². The fourth-order valence-corrected chi connectivity index (χ4v) is 3.64. The molecule has 1 rings (SSSR count). The average Bonchev–Trinajstić information content (AvgIpc) is 2.20. The van der Waals surface area contributed by atoms with Gasteiger partial charge in [0.1, 0.15) is 5.75 Å². The molecule has 7 heteroatoms. The Morgan fingerprint density at radius 2 is 1.82 bits per heavy atom. The highest BCUT2D eigenvalue weighted by molar-refractivity contribution is 9.11. The van der Waals surface area contributed by atoms with Gasteiger partial charge >= 0.3 is 0 Å². The molecule has 0 aliphatic carbocycles. The van der Waals surface area contributed by atoms with Gasteiger partial charge in [0.05, 0.1) is 20.4 Å². The van der Waals surface area contributed by atoms with E-state index in [0.717, 1.165) is 12.8 Å². The SMILES string of the molecule is CCCCOc1c(Br)cc(S(=O)(=O)Cl)cc1Br. The second-order valence-electron chi connectivity index (χ2n) is 3.36. The van der Waals surface area contributed by atoms with Crippen molar-refractivity contribution in [2.45, 2.75) is 24.7 Å². The Labute approximate surface area is 122 Å². The number of rotatable bonds is 5. The first kappa shape index (κ1) is 15.3. The summed E-state index contributed by atoms with van der Waals surface area (Å²) in [5.41, 5.74) is 0. The predicted octanol–water partition coefficient (Wildman–Crippen LogP) is 4.32. The van der Waals surface area contributed by atoms with Crippen LogP contribution in [0.3, 0.4) is 0 Å². The van der Waals surface area contributed by atoms with Crippen molar-refractivity contribution in [3.05, 3.63) is 21.1 Å². The van der Waals surface area contributed by atoms with E-state index in [1.807, 2.05) is 0 Å². The van der Waals surface area contributed by atoms with Crippen molar-refractivity contribution in [2.75, 3.05) is 6.61 Å². The fraction of sp³-hybridized carbons (Fsp3) is 0.400. The van der Waals surface area contributed by atoms with Crippen LogP contribution in [0.5, 0.6) is 5.75 Å². The Balaban J connectivity index is 3.03. The number of hydrogen-bond donors (Lipinski definition) is 0. The maximum atomic E-state index is 11.2. The van der Waals surface area contributed by atoms with E-state index in [1.165, 1.54) is 12.1 Å². The van der Waals surface area contributed by atoms with Crippen LogP contribution in [0.15, 0.2) is 26.0 Å². The lowest BCUT2D eigenvalue weighted by molar-refractivity contribution is 0.305. The second-order valence-corrected chi connectivity index (χ2v) is 7.63. The maximum absolute atomic E-state index is 11.2. The molecule has 0 saturated carbocycles. The van der Waals surface area contributed by atoms with E-state index in [9.17, 15) is 8.42 Å². The molecule has 0 fully saturated rings. The minimum atomic E-state index is -3.73. The molecule has 0 saturated heterocycles. The molecule has 0 bridgehead atoms. The van der Waals surface area contributed by atoms with Gasteiger partial charge in [0.15, 0.2) is 0 Å². The molecular weight excluding hydrogens is 395 g/mol. The number of halogens is 3. The number of unbranched alkanes of at least 4 members (excludes halogenated alkanes) is 1. The standard InChI is InChI=1S/C10H11Br2ClO3S/c1-2-3-4-16-10-8(11)5-7(6-9(10)12)17(13,14)15/h5-6H,2-4H2,1H3. The molecule has 0 amide bonds. The molecule has 0 aromatic heterocycles. The molecule has 0 aliphatic rings. The molecule has 0 heterocycles. The lowest BCUT2D eigenvalue weighted by atomic mass is 10.3. The smallest absolute Gasteiger partial charge is 0.261 e. The van der Waals surface area contributed by atoms with Gasteiger partial charge in [-0.05, 0) is 50.4 Å². The summed E-state index contributed by atoms with van der Waals surface area (Å²) in [5.74, 6) is 0.586. The highest BCUT2D eigenvalue weighted by atomic mass is 79.9. The van der Waals surface area contributed by atoms with Gasteiger partial charge in [-0.2, -0.15) is 0 Å². The van der Waals surface area contributed by atoms with Gasteiger partial charge in [0, 0.05) is 10.7 Å². The molecule has 3 nitrogen and oxygen atoms in total. The van der Waals surface area contributed by atoms with E-state index < -0.39 is 9.05 Å². The minimum Gasteiger partial charge on any atom is -0.491 e. The first-order chi connectivity index (χ1) is 7.86. The van der Waals surface area contributed by atoms with Crippen molar-refractivity contribution in [2.24, 2.45) is 0 Å². The van der Waals surface area contributed by atoms with Crippen molar-refractivity contribution in [1.29, 1.82) is 0 Å². The van der Waals surface area contributed by atoms with E-state index in [0.29, 0.717) is 21.3 Å². The Kier molecular flexibility index (Phi) is 5.76. The molecule has 0 atom stereocenters. The third-order valence-electron chi connectivity index (χ3n) is 2.00. The van der Waals surface area contributed by atoms with Crippen molar-refractivity contribution in [3.63, 3.8) is 0 Å². The van der Waals surface area contributed by atoms with Crippen molar-refractivity contribution in [3.8, 4) is 5.75 Å². The first-order valence-electron chi connectivity index (χ1n) is 4.92. The quantitative estimate of drug-likeness (QED) is 0.540. The Morgan fingerprint density at radius 1 is 1.29 bits per heavy atom. The summed E-state index contributed by atoms with van der Waals surface area (Å²) in [6.45, 7) is 2.65. The average molecular weight is 407 g/mol. The first-order valence-corrected chi connectivity index (χ1v) is 8.82. The maximum Gasteiger partial charge on any atom is 0.261 e. The Hall–Kier alpha value is 0.220. The van der Waals surface area contributed by atoms with E-state index in [-0.39, 0.29) is 4.90 Å². The Morgan fingerprint density at radius 3 is 2.24 bits per heavy atom. The third kappa shape index (κ3) is 4.43. The molecule has 96 valence electrons. The van der Waals surface area contributed by atoms with E-state index in [1.54, 1.807) is 0 Å². The molecule has 17 heavy (non-hydrogen) atoms. The van der Waals surface area contributed by atoms with Crippen LogP contribution in [0, 0.1) is 0 Å². The third-order valence-corrected chi connectivity index (χ3v) is 4.51.